The number of hydrogen-bond acceptors (Lipinski definition) is 5. The Morgan fingerprint density at radius 3 is 2.76 bits per heavy atom. The number of carbonyl (C=O) groups excluding carboxylic acids is 1. The van der Waals surface area contributed by atoms with E-state index in [0.717, 1.165) is 36.5 Å². The van der Waals surface area contributed by atoms with Crippen LogP contribution in [0, 0.1) is 0 Å². The largest absolute Gasteiger partial charge is 0.394 e. The number of amides is 1. The molecule has 0 bridgehead atoms. The SMILES string of the molecule is CC(C)c1nnsc1C(=O)NC1(CO)CCC1. The van der Waals surface area contributed by atoms with E-state index in [1.807, 2.05) is 13.8 Å². The zero-order chi connectivity index (χ0) is 12.5. The summed E-state index contributed by atoms with van der Waals surface area (Å²) in [6, 6.07) is 0. The molecule has 5 nitrogen and oxygen atoms in total. The van der Waals surface area contributed by atoms with Crippen LogP contribution >= 0.6 is 11.5 Å². The number of nitrogens with one attached hydrogen (secondary N) is 1. The minimum absolute atomic E-state index is 0.00197. The van der Waals surface area contributed by atoms with Crippen LogP contribution in [0.4, 0.5) is 0 Å². The molecule has 1 aromatic rings. The fraction of sp³-hybridized carbons (Fsp3) is 0.727. The third-order valence-corrected chi connectivity index (χ3v) is 4.00. The average Bonchev–Trinajstić information content (AvgIpc) is 2.72. The summed E-state index contributed by atoms with van der Waals surface area (Å²) >= 11 is 1.12. The van der Waals surface area contributed by atoms with Crippen molar-refractivity contribution in [2.45, 2.75) is 44.6 Å². The van der Waals surface area contributed by atoms with Gasteiger partial charge in [-0.25, -0.2) is 0 Å². The van der Waals surface area contributed by atoms with Crippen molar-refractivity contribution in [3.05, 3.63) is 10.6 Å². The Hall–Kier alpha value is -1.01. The number of aliphatic hydroxyl groups is 1. The van der Waals surface area contributed by atoms with Crippen LogP contribution in [0.5, 0.6) is 0 Å². The summed E-state index contributed by atoms with van der Waals surface area (Å²) in [4.78, 5) is 12.7. The van der Waals surface area contributed by atoms with E-state index in [1.165, 1.54) is 0 Å². The molecule has 0 atom stereocenters. The second kappa shape index (κ2) is 4.70. The van der Waals surface area contributed by atoms with Gasteiger partial charge in [-0.2, -0.15) is 0 Å². The van der Waals surface area contributed by atoms with E-state index in [4.69, 9.17) is 0 Å². The zero-order valence-electron chi connectivity index (χ0n) is 10.1. The van der Waals surface area contributed by atoms with Crippen molar-refractivity contribution in [3.63, 3.8) is 0 Å². The maximum absolute atomic E-state index is 12.1. The molecule has 0 radical (unpaired) electrons. The first-order valence-electron chi connectivity index (χ1n) is 5.83. The van der Waals surface area contributed by atoms with Crippen LogP contribution in [0.25, 0.3) is 0 Å². The number of aromatic nitrogens is 2. The Morgan fingerprint density at radius 2 is 2.29 bits per heavy atom. The molecule has 0 spiro atoms. The molecule has 17 heavy (non-hydrogen) atoms. The lowest BCUT2D eigenvalue weighted by Crippen LogP contribution is -2.56. The Morgan fingerprint density at radius 1 is 1.59 bits per heavy atom. The predicted octanol–water partition coefficient (Wildman–Crippen LogP) is 1.31. The van der Waals surface area contributed by atoms with E-state index >= 15 is 0 Å². The molecule has 0 unspecified atom stereocenters. The molecule has 1 saturated carbocycles. The fourth-order valence-corrected chi connectivity index (χ4v) is 2.67. The highest BCUT2D eigenvalue weighted by Crippen LogP contribution is 2.32. The first kappa shape index (κ1) is 12.4. The normalized spacial score (nSPS) is 17.9. The monoisotopic (exact) mass is 255 g/mol. The average molecular weight is 255 g/mol. The lowest BCUT2D eigenvalue weighted by molar-refractivity contribution is 0.0644. The minimum atomic E-state index is -0.407. The second-order valence-electron chi connectivity index (χ2n) is 4.89. The highest BCUT2D eigenvalue weighted by atomic mass is 32.1. The number of nitrogens with zero attached hydrogens (tertiary/aromatic N) is 2. The van der Waals surface area contributed by atoms with Crippen LogP contribution in [-0.2, 0) is 0 Å². The second-order valence-corrected chi connectivity index (χ2v) is 5.64. The molecule has 1 aromatic heterocycles. The van der Waals surface area contributed by atoms with Gasteiger partial charge in [-0.1, -0.05) is 18.3 Å². The molecule has 2 N–H and O–H groups in total. The van der Waals surface area contributed by atoms with Crippen molar-refractivity contribution in [1.29, 1.82) is 0 Å². The van der Waals surface area contributed by atoms with E-state index in [2.05, 4.69) is 14.9 Å². The summed E-state index contributed by atoms with van der Waals surface area (Å²) in [7, 11) is 0. The Bertz CT molecular complexity index is 407. The van der Waals surface area contributed by atoms with Crippen molar-refractivity contribution in [2.75, 3.05) is 6.61 Å². The Balaban J connectivity index is 2.12. The van der Waals surface area contributed by atoms with Gasteiger partial charge in [-0.15, -0.1) is 5.10 Å². The van der Waals surface area contributed by atoms with Crippen LogP contribution in [0.15, 0.2) is 0 Å². The van der Waals surface area contributed by atoms with Gasteiger partial charge in [0.25, 0.3) is 5.91 Å². The molecule has 0 aliphatic heterocycles. The van der Waals surface area contributed by atoms with Gasteiger partial charge in [0.15, 0.2) is 0 Å². The molecule has 1 heterocycles. The molecule has 0 saturated heterocycles. The van der Waals surface area contributed by atoms with E-state index in [-0.39, 0.29) is 18.4 Å². The van der Waals surface area contributed by atoms with Crippen LogP contribution in [-0.4, -0.2) is 32.7 Å². The summed E-state index contributed by atoms with van der Waals surface area (Å²) in [5.41, 5.74) is 0.329. The summed E-state index contributed by atoms with van der Waals surface area (Å²) in [5.74, 6) is 0.0263. The molecule has 1 aliphatic rings. The maximum Gasteiger partial charge on any atom is 0.265 e. The number of carbonyl (C=O) groups is 1. The molecular weight excluding hydrogens is 238 g/mol. The van der Waals surface area contributed by atoms with Gasteiger partial charge in [0, 0.05) is 0 Å². The van der Waals surface area contributed by atoms with Crippen molar-refractivity contribution < 1.29 is 9.90 Å². The third kappa shape index (κ3) is 2.32. The van der Waals surface area contributed by atoms with E-state index in [1.54, 1.807) is 0 Å². The molecule has 0 aromatic carbocycles. The predicted molar refractivity (Wildman–Crippen MR) is 65.1 cm³/mol. The van der Waals surface area contributed by atoms with Crippen LogP contribution in [0.2, 0.25) is 0 Å². The zero-order valence-corrected chi connectivity index (χ0v) is 10.9. The Labute approximate surface area is 104 Å². The van der Waals surface area contributed by atoms with Crippen molar-refractivity contribution in [3.8, 4) is 0 Å². The lowest BCUT2D eigenvalue weighted by Gasteiger charge is -2.40. The summed E-state index contributed by atoms with van der Waals surface area (Å²) < 4.78 is 3.83. The maximum atomic E-state index is 12.1. The molecule has 1 fully saturated rings. The highest BCUT2D eigenvalue weighted by Gasteiger charge is 2.38. The molecule has 2 rings (SSSR count). The quantitative estimate of drug-likeness (QED) is 0.850. The fourth-order valence-electron chi connectivity index (χ4n) is 1.96. The molecule has 1 amide bonds. The molecular formula is C11H17N3O2S. The standard InChI is InChI=1S/C11H17N3O2S/c1-7(2)8-9(17-14-13-8)10(16)12-11(6-15)4-3-5-11/h7,15H,3-6H2,1-2H3,(H,12,16). The number of hydrogen-bond donors (Lipinski definition) is 2. The van der Waals surface area contributed by atoms with Crippen molar-refractivity contribution in [2.24, 2.45) is 0 Å². The van der Waals surface area contributed by atoms with Crippen LogP contribution < -0.4 is 5.32 Å². The summed E-state index contributed by atoms with van der Waals surface area (Å²) in [6.45, 7) is 3.97. The van der Waals surface area contributed by atoms with Crippen molar-refractivity contribution >= 4 is 17.4 Å². The topological polar surface area (TPSA) is 75.1 Å². The Kier molecular flexibility index (Phi) is 3.44. The third-order valence-electron chi connectivity index (χ3n) is 3.26. The van der Waals surface area contributed by atoms with Gasteiger partial charge >= 0.3 is 0 Å². The van der Waals surface area contributed by atoms with Gasteiger partial charge in [-0.3, -0.25) is 4.79 Å². The summed E-state index contributed by atoms with van der Waals surface area (Å²) in [5, 5.41) is 16.2. The van der Waals surface area contributed by atoms with E-state index < -0.39 is 5.54 Å². The van der Waals surface area contributed by atoms with Gasteiger partial charge in [0.05, 0.1) is 17.8 Å². The first-order valence-corrected chi connectivity index (χ1v) is 6.61. The van der Waals surface area contributed by atoms with Gasteiger partial charge in [0.1, 0.15) is 4.88 Å². The summed E-state index contributed by atoms with van der Waals surface area (Å²) in [6.07, 6.45) is 2.75. The number of rotatable bonds is 4. The van der Waals surface area contributed by atoms with Crippen molar-refractivity contribution in [1.82, 2.24) is 14.9 Å². The van der Waals surface area contributed by atoms with Gasteiger partial charge < -0.3 is 10.4 Å². The smallest absolute Gasteiger partial charge is 0.265 e. The van der Waals surface area contributed by atoms with E-state index in [9.17, 15) is 9.90 Å². The molecule has 94 valence electrons. The minimum Gasteiger partial charge on any atom is -0.394 e. The van der Waals surface area contributed by atoms with Crippen LogP contribution in [0.3, 0.4) is 0 Å². The van der Waals surface area contributed by atoms with E-state index in [0.29, 0.717) is 4.88 Å². The highest BCUT2D eigenvalue weighted by molar-refractivity contribution is 7.08. The van der Waals surface area contributed by atoms with Crippen LogP contribution in [0.1, 0.15) is 54.4 Å². The molecule has 1 aliphatic carbocycles. The lowest BCUT2D eigenvalue weighted by atomic mass is 9.77. The molecule has 6 heteroatoms. The van der Waals surface area contributed by atoms with Gasteiger partial charge in [0.2, 0.25) is 0 Å². The van der Waals surface area contributed by atoms with Gasteiger partial charge in [-0.05, 0) is 36.7 Å². The first-order chi connectivity index (χ1) is 8.08. The number of aliphatic hydroxyl groups excluding tert-OH is 1.